The van der Waals surface area contributed by atoms with E-state index < -0.39 is 11.8 Å². The molecule has 2 aromatic carbocycles. The van der Waals surface area contributed by atoms with Gasteiger partial charge in [-0.1, -0.05) is 12.1 Å². The Labute approximate surface area is 208 Å². The molecule has 3 N–H and O–H groups in total. The predicted molar refractivity (Wildman–Crippen MR) is 135 cm³/mol. The minimum atomic E-state index is -0.597. The molecule has 9 nitrogen and oxygen atoms in total. The van der Waals surface area contributed by atoms with E-state index in [1.54, 1.807) is 6.07 Å². The third-order valence-corrected chi connectivity index (χ3v) is 6.72. The van der Waals surface area contributed by atoms with Gasteiger partial charge in [-0.05, 0) is 49.2 Å². The smallest absolute Gasteiger partial charge is 0.259 e. The number of carbonyl (C=O) groups excluding carboxylic acids is 3. The predicted octanol–water partition coefficient (Wildman–Crippen LogP) is 3.30. The summed E-state index contributed by atoms with van der Waals surface area (Å²) < 4.78 is 13.3. The number of amides is 3. The average Bonchev–Trinajstić information content (AvgIpc) is 3.33. The zero-order valence-electron chi connectivity index (χ0n) is 20.6. The number of nitrogens with two attached hydrogens (primary N) is 1. The van der Waals surface area contributed by atoms with Crippen LogP contribution in [0.1, 0.15) is 43.9 Å². The van der Waals surface area contributed by atoms with Crippen LogP contribution in [0.15, 0.2) is 53.9 Å². The fourth-order valence-electron chi connectivity index (χ4n) is 5.14. The Morgan fingerprint density at radius 2 is 1.97 bits per heavy atom. The van der Waals surface area contributed by atoms with Crippen molar-refractivity contribution in [1.82, 2.24) is 9.47 Å². The van der Waals surface area contributed by atoms with Crippen LogP contribution in [0.5, 0.6) is 11.5 Å². The number of rotatable bonds is 6. The number of nitrogens with one attached hydrogen (secondary N) is 1. The van der Waals surface area contributed by atoms with Crippen LogP contribution >= 0.6 is 0 Å². The summed E-state index contributed by atoms with van der Waals surface area (Å²) in [6, 6.07) is 11.6. The van der Waals surface area contributed by atoms with Crippen molar-refractivity contribution < 1.29 is 23.9 Å². The molecule has 2 aliphatic rings. The van der Waals surface area contributed by atoms with Crippen molar-refractivity contribution in [3.8, 4) is 11.5 Å². The van der Waals surface area contributed by atoms with E-state index in [2.05, 4.69) is 36.0 Å². The van der Waals surface area contributed by atoms with Gasteiger partial charge in [-0.3, -0.25) is 19.3 Å². The Hall–Kier alpha value is -4.27. The Morgan fingerprint density at radius 1 is 1.19 bits per heavy atom. The van der Waals surface area contributed by atoms with E-state index in [0.29, 0.717) is 22.8 Å². The van der Waals surface area contributed by atoms with Crippen LogP contribution in [-0.4, -0.2) is 47.4 Å². The maximum Gasteiger partial charge on any atom is 0.259 e. The summed E-state index contributed by atoms with van der Waals surface area (Å²) in [4.78, 5) is 38.4. The van der Waals surface area contributed by atoms with Crippen LogP contribution < -0.4 is 20.5 Å². The highest BCUT2D eigenvalue weighted by atomic mass is 16.5. The van der Waals surface area contributed by atoms with Gasteiger partial charge in [0.1, 0.15) is 0 Å². The number of ether oxygens (including phenoxy) is 2. The molecule has 2 aliphatic heterocycles. The lowest BCUT2D eigenvalue weighted by Crippen LogP contribution is -2.33. The van der Waals surface area contributed by atoms with Gasteiger partial charge < -0.3 is 25.1 Å². The summed E-state index contributed by atoms with van der Waals surface area (Å²) in [5.74, 6) is -0.902. The minimum Gasteiger partial charge on any atom is -0.493 e. The van der Waals surface area contributed by atoms with Crippen LogP contribution in [-0.2, 0) is 14.4 Å². The van der Waals surface area contributed by atoms with Crippen LogP contribution in [0, 0.1) is 0 Å². The Bertz CT molecular complexity index is 1450. The fourth-order valence-corrected chi connectivity index (χ4v) is 5.14. The first-order valence-electron chi connectivity index (χ1n) is 11.8. The number of hydrogen-bond donors (Lipinski definition) is 2. The third kappa shape index (κ3) is 3.67. The quantitative estimate of drug-likeness (QED) is 0.550. The minimum absolute atomic E-state index is 0.182. The van der Waals surface area contributed by atoms with E-state index in [-0.39, 0.29) is 31.0 Å². The summed E-state index contributed by atoms with van der Waals surface area (Å²) in [6.45, 7) is 5.52. The number of aromatic nitrogens is 1. The van der Waals surface area contributed by atoms with Gasteiger partial charge in [0.25, 0.3) is 11.8 Å². The zero-order valence-corrected chi connectivity index (χ0v) is 20.6. The summed E-state index contributed by atoms with van der Waals surface area (Å²) in [6.07, 6.45) is 2.09. The van der Waals surface area contributed by atoms with Crippen molar-refractivity contribution in [3.63, 3.8) is 0 Å². The van der Waals surface area contributed by atoms with Crippen molar-refractivity contribution >= 4 is 34.3 Å². The first-order chi connectivity index (χ1) is 17.2. The average molecular weight is 489 g/mol. The number of methoxy groups -OCH3 is 1. The van der Waals surface area contributed by atoms with Crippen molar-refractivity contribution in [2.24, 2.45) is 5.73 Å². The molecule has 1 aromatic heterocycles. The van der Waals surface area contributed by atoms with Crippen LogP contribution in [0.3, 0.4) is 0 Å². The zero-order chi connectivity index (χ0) is 25.7. The molecule has 0 radical (unpaired) electrons. The molecule has 5 rings (SSSR count). The van der Waals surface area contributed by atoms with E-state index >= 15 is 0 Å². The van der Waals surface area contributed by atoms with E-state index in [9.17, 15) is 14.4 Å². The first kappa shape index (κ1) is 23.5. The molecule has 0 unspecified atom stereocenters. The van der Waals surface area contributed by atoms with Gasteiger partial charge >= 0.3 is 0 Å². The Balaban J connectivity index is 1.74. The molecule has 0 fully saturated rings. The maximum absolute atomic E-state index is 13.6. The molecule has 3 amide bonds. The summed E-state index contributed by atoms with van der Waals surface area (Å²) in [5, 5.41) is 4.50. The molecule has 0 aliphatic carbocycles. The number of anilines is 1. The molecular formula is C27H28N4O5. The monoisotopic (exact) mass is 488 g/mol. The lowest BCUT2D eigenvalue weighted by Gasteiger charge is -2.21. The van der Waals surface area contributed by atoms with E-state index in [1.165, 1.54) is 18.9 Å². The van der Waals surface area contributed by atoms with Gasteiger partial charge in [0.15, 0.2) is 18.1 Å². The lowest BCUT2D eigenvalue weighted by molar-refractivity contribution is -0.139. The van der Waals surface area contributed by atoms with Gasteiger partial charge in [-0.2, -0.15) is 0 Å². The lowest BCUT2D eigenvalue weighted by atomic mass is 9.84. The highest BCUT2D eigenvalue weighted by Crippen LogP contribution is 2.48. The Kier molecular flexibility index (Phi) is 5.70. The fraction of sp³-hybridized carbons (Fsp3) is 0.296. The van der Waals surface area contributed by atoms with Crippen molar-refractivity contribution in [2.75, 3.05) is 25.6 Å². The van der Waals surface area contributed by atoms with Crippen LogP contribution in [0.4, 0.5) is 5.69 Å². The maximum atomic E-state index is 13.6. The number of hydrogen-bond acceptors (Lipinski definition) is 6. The van der Waals surface area contributed by atoms with Gasteiger partial charge in [-0.15, -0.1) is 0 Å². The van der Waals surface area contributed by atoms with E-state index in [0.717, 1.165) is 27.7 Å². The summed E-state index contributed by atoms with van der Waals surface area (Å²) in [5.41, 5.74) is 10.2. The molecule has 36 heavy (non-hydrogen) atoms. The molecule has 3 aromatic rings. The molecule has 9 heteroatoms. The molecule has 1 atom stereocenters. The topological polar surface area (TPSA) is 116 Å². The van der Waals surface area contributed by atoms with Crippen LogP contribution in [0.25, 0.3) is 10.9 Å². The number of primary amides is 1. The van der Waals surface area contributed by atoms with Crippen molar-refractivity contribution in [3.05, 3.63) is 65.0 Å². The molecule has 3 heterocycles. The third-order valence-electron chi connectivity index (χ3n) is 6.72. The molecule has 186 valence electrons. The highest BCUT2D eigenvalue weighted by molar-refractivity contribution is 6.11. The van der Waals surface area contributed by atoms with E-state index in [1.807, 2.05) is 24.3 Å². The van der Waals surface area contributed by atoms with Gasteiger partial charge in [-0.25, -0.2) is 0 Å². The molecule has 0 saturated heterocycles. The normalized spacial score (nSPS) is 16.8. The molecule has 0 spiro atoms. The second kappa shape index (κ2) is 8.75. The number of carbonyl (C=O) groups is 3. The molecule has 0 saturated carbocycles. The second-order valence-corrected chi connectivity index (χ2v) is 9.31. The summed E-state index contributed by atoms with van der Waals surface area (Å²) in [7, 11) is 1.51. The van der Waals surface area contributed by atoms with Crippen molar-refractivity contribution in [1.29, 1.82) is 0 Å². The SMILES string of the molecule is COc1cc([C@H]2C3=C(CN(C(C)=O)C3=O)Nc3cccc4c3c2cn4C(C)C)ccc1OCC(N)=O. The van der Waals surface area contributed by atoms with Gasteiger partial charge in [0.2, 0.25) is 5.91 Å². The standard InChI is InChI=1S/C27H28N4O5/c1-14(2)30-11-17-24(16-8-9-21(22(10-16)35-4)36-13-23(28)33)26-19(12-31(15(3)32)27(26)34)29-18-6-5-7-20(30)25(17)18/h5-11,14,24,29H,12-13H2,1-4H3,(H2,28,33)/t24-/m1/s1. The van der Waals surface area contributed by atoms with Crippen molar-refractivity contribution in [2.45, 2.75) is 32.7 Å². The number of nitrogens with zero attached hydrogens (tertiary/aromatic N) is 2. The second-order valence-electron chi connectivity index (χ2n) is 9.31. The highest BCUT2D eigenvalue weighted by Gasteiger charge is 2.42. The van der Waals surface area contributed by atoms with E-state index in [4.69, 9.17) is 15.2 Å². The van der Waals surface area contributed by atoms with Gasteiger partial charge in [0, 0.05) is 41.9 Å². The molecule has 0 bridgehead atoms. The first-order valence-corrected chi connectivity index (χ1v) is 11.8. The largest absolute Gasteiger partial charge is 0.493 e. The number of benzene rings is 2. The Morgan fingerprint density at radius 3 is 2.64 bits per heavy atom. The van der Waals surface area contributed by atoms with Gasteiger partial charge in [0.05, 0.1) is 24.7 Å². The van der Waals surface area contributed by atoms with Crippen LogP contribution in [0.2, 0.25) is 0 Å². The molecular weight excluding hydrogens is 460 g/mol. The summed E-state index contributed by atoms with van der Waals surface area (Å²) >= 11 is 0. The number of imide groups is 1.